The molecule has 1 aromatic heterocycles. The fourth-order valence-electron chi connectivity index (χ4n) is 7.21. The van der Waals surface area contributed by atoms with Crippen LogP contribution in [0.15, 0.2) is 4.47 Å². The van der Waals surface area contributed by atoms with Crippen LogP contribution in [0.1, 0.15) is 70.2 Å². The van der Waals surface area contributed by atoms with E-state index in [1.54, 1.807) is 0 Å². The van der Waals surface area contributed by atoms with Gasteiger partial charge in [-0.3, -0.25) is 9.48 Å². The second kappa shape index (κ2) is 6.08. The lowest BCUT2D eigenvalue weighted by Crippen LogP contribution is -2.59. The molecular formula is C21H32BrN3O. The molecule has 0 radical (unpaired) electrons. The van der Waals surface area contributed by atoms with Crippen molar-refractivity contribution in [1.29, 1.82) is 0 Å². The number of nitrogens with one attached hydrogen (secondary N) is 1. The molecule has 1 heterocycles. The Labute approximate surface area is 165 Å². The maximum atomic E-state index is 13.2. The van der Waals surface area contributed by atoms with Crippen molar-refractivity contribution in [3.8, 4) is 0 Å². The van der Waals surface area contributed by atoms with E-state index in [0.29, 0.717) is 16.7 Å². The highest BCUT2D eigenvalue weighted by Gasteiger charge is 2.62. The van der Waals surface area contributed by atoms with Gasteiger partial charge in [-0.15, -0.1) is 0 Å². The van der Waals surface area contributed by atoms with E-state index >= 15 is 0 Å². The van der Waals surface area contributed by atoms with Crippen molar-refractivity contribution in [3.63, 3.8) is 0 Å². The normalized spacial score (nSPS) is 38.0. The van der Waals surface area contributed by atoms with Crippen LogP contribution >= 0.6 is 15.9 Å². The van der Waals surface area contributed by atoms with Crippen LogP contribution < -0.4 is 5.32 Å². The van der Waals surface area contributed by atoms with E-state index in [1.807, 2.05) is 11.6 Å². The Balaban J connectivity index is 1.36. The van der Waals surface area contributed by atoms with E-state index in [2.05, 4.69) is 47.1 Å². The van der Waals surface area contributed by atoms with Crippen LogP contribution in [0.4, 0.5) is 0 Å². The summed E-state index contributed by atoms with van der Waals surface area (Å²) in [6, 6.07) is 0. The van der Waals surface area contributed by atoms with Gasteiger partial charge in [-0.1, -0.05) is 13.8 Å². The summed E-state index contributed by atoms with van der Waals surface area (Å²) in [4.78, 5) is 13.2. The highest BCUT2D eigenvalue weighted by molar-refractivity contribution is 9.10. The molecule has 0 aromatic carbocycles. The lowest BCUT2D eigenvalue weighted by atomic mass is 9.40. The van der Waals surface area contributed by atoms with Crippen molar-refractivity contribution in [2.24, 2.45) is 22.2 Å². The van der Waals surface area contributed by atoms with Crippen LogP contribution in [0.5, 0.6) is 0 Å². The van der Waals surface area contributed by atoms with Crippen LogP contribution in [-0.2, 0) is 11.3 Å². The van der Waals surface area contributed by atoms with E-state index in [1.165, 1.54) is 19.3 Å². The van der Waals surface area contributed by atoms with Gasteiger partial charge >= 0.3 is 0 Å². The standard InChI is InChI=1S/C21H32BrN3O/c1-14-17(22)15(2)25(24-14)7-5-6-23-18(26)21-10-16-8-19(3,12-21)11-20(4,9-16)13-21/h16H,5-13H2,1-4H3,(H,23,26)/t16?,19-,20-,21?/m0/s1. The first-order valence-electron chi connectivity index (χ1n) is 10.1. The summed E-state index contributed by atoms with van der Waals surface area (Å²) >= 11 is 3.58. The molecule has 5 rings (SSSR count). The van der Waals surface area contributed by atoms with Gasteiger partial charge in [0.2, 0.25) is 5.91 Å². The second-order valence-corrected chi connectivity index (χ2v) is 11.0. The maximum absolute atomic E-state index is 13.2. The van der Waals surface area contributed by atoms with Crippen LogP contribution in [0.2, 0.25) is 0 Å². The summed E-state index contributed by atoms with van der Waals surface area (Å²) in [5.41, 5.74) is 2.88. The molecule has 4 fully saturated rings. The molecule has 144 valence electrons. The highest BCUT2D eigenvalue weighted by Crippen LogP contribution is 2.69. The van der Waals surface area contributed by atoms with Crippen LogP contribution in [0.25, 0.3) is 0 Å². The summed E-state index contributed by atoms with van der Waals surface area (Å²) in [6.07, 6.45) is 8.24. The Kier molecular flexibility index (Phi) is 4.33. The van der Waals surface area contributed by atoms with Crippen molar-refractivity contribution in [3.05, 3.63) is 15.9 Å². The molecule has 4 aliphatic rings. The SMILES string of the molecule is Cc1nn(CCCNC(=O)C23CC4C[C@](C)(C2)C[C@](C)(C4)C3)c(C)c1Br. The zero-order chi connectivity index (χ0) is 18.7. The van der Waals surface area contributed by atoms with Crippen molar-refractivity contribution >= 4 is 21.8 Å². The predicted molar refractivity (Wildman–Crippen MR) is 107 cm³/mol. The summed E-state index contributed by atoms with van der Waals surface area (Å²) < 4.78 is 3.13. The molecule has 4 saturated carbocycles. The summed E-state index contributed by atoms with van der Waals surface area (Å²) in [5.74, 6) is 1.09. The summed E-state index contributed by atoms with van der Waals surface area (Å²) in [7, 11) is 0. The van der Waals surface area contributed by atoms with E-state index in [4.69, 9.17) is 0 Å². The zero-order valence-corrected chi connectivity index (χ0v) is 18.2. The smallest absolute Gasteiger partial charge is 0.226 e. The number of hydrogen-bond donors (Lipinski definition) is 1. The first-order chi connectivity index (χ1) is 12.1. The largest absolute Gasteiger partial charge is 0.356 e. The van der Waals surface area contributed by atoms with Gasteiger partial charge in [0.25, 0.3) is 0 Å². The summed E-state index contributed by atoms with van der Waals surface area (Å²) in [6.45, 7) is 10.6. The number of aryl methyl sites for hydroxylation is 2. The molecule has 0 aliphatic heterocycles. The van der Waals surface area contributed by atoms with Crippen molar-refractivity contribution in [2.75, 3.05) is 6.54 Å². The van der Waals surface area contributed by atoms with E-state index in [9.17, 15) is 4.79 Å². The number of halogens is 1. The fraction of sp³-hybridized carbons (Fsp3) is 0.810. The minimum atomic E-state index is -0.0931. The molecule has 2 atom stereocenters. The molecule has 26 heavy (non-hydrogen) atoms. The average Bonchev–Trinajstić information content (AvgIpc) is 2.75. The third-order valence-corrected chi connectivity index (χ3v) is 8.38. The first-order valence-corrected chi connectivity index (χ1v) is 10.9. The van der Waals surface area contributed by atoms with Gasteiger partial charge in [0.1, 0.15) is 0 Å². The molecule has 1 N–H and O–H groups in total. The number of nitrogens with zero attached hydrogens (tertiary/aromatic N) is 2. The van der Waals surface area contributed by atoms with Crippen LogP contribution in [0.3, 0.4) is 0 Å². The zero-order valence-electron chi connectivity index (χ0n) is 16.6. The Bertz CT molecular complexity index is 722. The van der Waals surface area contributed by atoms with Gasteiger partial charge in [-0.25, -0.2) is 0 Å². The molecule has 1 aromatic rings. The predicted octanol–water partition coefficient (Wildman–Crippen LogP) is 4.77. The fourth-order valence-corrected chi connectivity index (χ4v) is 7.50. The van der Waals surface area contributed by atoms with Gasteiger partial charge in [-0.2, -0.15) is 5.10 Å². The van der Waals surface area contributed by atoms with E-state index in [-0.39, 0.29) is 5.41 Å². The van der Waals surface area contributed by atoms with E-state index in [0.717, 1.165) is 60.6 Å². The monoisotopic (exact) mass is 421 g/mol. The van der Waals surface area contributed by atoms with Gasteiger partial charge < -0.3 is 5.32 Å². The lowest BCUT2D eigenvalue weighted by molar-refractivity contribution is -0.170. The molecular weight excluding hydrogens is 390 g/mol. The number of hydrogen-bond acceptors (Lipinski definition) is 2. The van der Waals surface area contributed by atoms with Gasteiger partial charge in [0.05, 0.1) is 15.6 Å². The quantitative estimate of drug-likeness (QED) is 0.696. The third-order valence-electron chi connectivity index (χ3n) is 7.23. The lowest BCUT2D eigenvalue weighted by Gasteiger charge is -2.64. The number of carbonyl (C=O) groups is 1. The van der Waals surface area contributed by atoms with Crippen LogP contribution in [-0.4, -0.2) is 22.2 Å². The Morgan fingerprint density at radius 1 is 1.19 bits per heavy atom. The van der Waals surface area contributed by atoms with Crippen molar-refractivity contribution in [2.45, 2.75) is 79.2 Å². The van der Waals surface area contributed by atoms with Gasteiger partial charge in [-0.05, 0) is 91.5 Å². The Morgan fingerprint density at radius 2 is 1.85 bits per heavy atom. The first kappa shape index (κ1) is 18.5. The third kappa shape index (κ3) is 3.04. The molecule has 0 saturated heterocycles. The minimum absolute atomic E-state index is 0.0931. The second-order valence-electron chi connectivity index (χ2n) is 10.2. The molecule has 0 spiro atoms. The number of aromatic nitrogens is 2. The summed E-state index contributed by atoms with van der Waals surface area (Å²) in [5, 5.41) is 7.85. The van der Waals surface area contributed by atoms with Gasteiger partial charge in [0, 0.05) is 18.8 Å². The van der Waals surface area contributed by atoms with Crippen molar-refractivity contribution < 1.29 is 4.79 Å². The minimum Gasteiger partial charge on any atom is -0.356 e. The van der Waals surface area contributed by atoms with Crippen molar-refractivity contribution in [1.82, 2.24) is 15.1 Å². The molecule has 1 amide bonds. The number of carbonyl (C=O) groups excluding carboxylic acids is 1. The number of rotatable bonds is 5. The highest BCUT2D eigenvalue weighted by atomic mass is 79.9. The average molecular weight is 422 g/mol. The Hall–Kier alpha value is -0.840. The molecule has 4 bridgehead atoms. The Morgan fingerprint density at radius 3 is 2.38 bits per heavy atom. The molecule has 5 heteroatoms. The van der Waals surface area contributed by atoms with Crippen LogP contribution in [0, 0.1) is 36.0 Å². The number of amides is 1. The maximum Gasteiger partial charge on any atom is 0.226 e. The molecule has 4 aliphatic carbocycles. The topological polar surface area (TPSA) is 46.9 Å². The van der Waals surface area contributed by atoms with Gasteiger partial charge in [0.15, 0.2) is 0 Å². The molecule has 0 unspecified atom stereocenters. The van der Waals surface area contributed by atoms with E-state index < -0.39 is 0 Å². The molecule has 4 nitrogen and oxygen atoms in total.